The van der Waals surface area contributed by atoms with Gasteiger partial charge in [0.1, 0.15) is 22.7 Å². The number of amides is 1. The van der Waals surface area contributed by atoms with E-state index in [0.29, 0.717) is 12.4 Å². The van der Waals surface area contributed by atoms with E-state index in [2.05, 4.69) is 38.8 Å². The number of carbonyl (C=O) groups is 1. The lowest BCUT2D eigenvalue weighted by molar-refractivity contribution is -0.119. The van der Waals surface area contributed by atoms with Crippen molar-refractivity contribution in [2.75, 3.05) is 25.5 Å². The fourth-order valence-electron chi connectivity index (χ4n) is 3.11. The summed E-state index contributed by atoms with van der Waals surface area (Å²) in [5.41, 5.74) is 2.29. The quantitative estimate of drug-likeness (QED) is 0.450. The zero-order chi connectivity index (χ0) is 20.8. The standard InChI is InChI=1S/C23H22N4O2S/c1-29-18-9-7-16(8-10-18)11-12-24-21(28)14-25-22-19-13-20(17-5-3-2-4-6-17)30-23(19)27-15-26-22/h2-10,13,15H,11-12,14H2,1H3,(H,24,28)(H,25,26,27). The van der Waals surface area contributed by atoms with Gasteiger partial charge in [-0.15, -0.1) is 11.3 Å². The molecule has 152 valence electrons. The lowest BCUT2D eigenvalue weighted by Crippen LogP contribution is -2.31. The zero-order valence-electron chi connectivity index (χ0n) is 16.6. The van der Waals surface area contributed by atoms with Crippen LogP contribution in [0.5, 0.6) is 5.75 Å². The SMILES string of the molecule is COc1ccc(CCNC(=O)CNc2ncnc3sc(-c4ccccc4)cc23)cc1. The van der Waals surface area contributed by atoms with Crippen molar-refractivity contribution < 1.29 is 9.53 Å². The zero-order valence-corrected chi connectivity index (χ0v) is 17.4. The predicted octanol–water partition coefficient (Wildman–Crippen LogP) is 4.14. The number of hydrogen-bond acceptors (Lipinski definition) is 6. The molecule has 0 aliphatic rings. The van der Waals surface area contributed by atoms with Crippen molar-refractivity contribution in [1.82, 2.24) is 15.3 Å². The molecule has 1 amide bonds. The van der Waals surface area contributed by atoms with Gasteiger partial charge in [-0.05, 0) is 35.7 Å². The van der Waals surface area contributed by atoms with E-state index < -0.39 is 0 Å². The van der Waals surface area contributed by atoms with Crippen LogP contribution in [0.15, 0.2) is 67.0 Å². The number of methoxy groups -OCH3 is 1. The molecule has 6 nitrogen and oxygen atoms in total. The molecule has 2 N–H and O–H groups in total. The van der Waals surface area contributed by atoms with Gasteiger partial charge in [-0.3, -0.25) is 4.79 Å². The molecule has 4 aromatic rings. The largest absolute Gasteiger partial charge is 0.497 e. The summed E-state index contributed by atoms with van der Waals surface area (Å²) >= 11 is 1.61. The first-order chi connectivity index (χ1) is 14.7. The highest BCUT2D eigenvalue weighted by atomic mass is 32.1. The molecule has 0 atom stereocenters. The average Bonchev–Trinajstić information content (AvgIpc) is 3.24. The molecule has 0 bridgehead atoms. The number of aromatic nitrogens is 2. The number of benzene rings is 2. The van der Waals surface area contributed by atoms with Gasteiger partial charge in [0.2, 0.25) is 5.91 Å². The van der Waals surface area contributed by atoms with E-state index in [9.17, 15) is 4.79 Å². The minimum absolute atomic E-state index is 0.0752. The van der Waals surface area contributed by atoms with Gasteiger partial charge in [0.25, 0.3) is 0 Å². The third kappa shape index (κ3) is 4.75. The smallest absolute Gasteiger partial charge is 0.239 e. The van der Waals surface area contributed by atoms with Crippen molar-refractivity contribution in [1.29, 1.82) is 0 Å². The second kappa shape index (κ2) is 9.37. The van der Waals surface area contributed by atoms with E-state index in [1.807, 2.05) is 42.5 Å². The van der Waals surface area contributed by atoms with E-state index in [1.165, 1.54) is 6.33 Å². The molecule has 0 unspecified atom stereocenters. The predicted molar refractivity (Wildman–Crippen MR) is 121 cm³/mol. The molecule has 0 aliphatic carbocycles. The normalized spacial score (nSPS) is 10.7. The maximum absolute atomic E-state index is 12.2. The monoisotopic (exact) mass is 418 g/mol. The van der Waals surface area contributed by atoms with Gasteiger partial charge >= 0.3 is 0 Å². The van der Waals surface area contributed by atoms with Crippen LogP contribution in [0.3, 0.4) is 0 Å². The van der Waals surface area contributed by atoms with E-state index >= 15 is 0 Å². The van der Waals surface area contributed by atoms with Crippen molar-refractivity contribution in [3.63, 3.8) is 0 Å². The van der Waals surface area contributed by atoms with Gasteiger partial charge in [0.05, 0.1) is 19.0 Å². The van der Waals surface area contributed by atoms with E-state index in [-0.39, 0.29) is 12.5 Å². The summed E-state index contributed by atoms with van der Waals surface area (Å²) in [5, 5.41) is 7.00. The number of rotatable bonds is 8. The Hall–Kier alpha value is -3.45. The Morgan fingerprint density at radius 3 is 2.63 bits per heavy atom. The van der Waals surface area contributed by atoms with Crippen LogP contribution in [0, 0.1) is 0 Å². The lowest BCUT2D eigenvalue weighted by atomic mass is 10.1. The van der Waals surface area contributed by atoms with Gasteiger partial charge in [-0.1, -0.05) is 42.5 Å². The number of thiophene rings is 1. The molecular weight excluding hydrogens is 396 g/mol. The highest BCUT2D eigenvalue weighted by Gasteiger charge is 2.11. The van der Waals surface area contributed by atoms with Crippen LogP contribution < -0.4 is 15.4 Å². The Morgan fingerprint density at radius 1 is 1.07 bits per heavy atom. The lowest BCUT2D eigenvalue weighted by Gasteiger charge is -2.08. The molecule has 7 heteroatoms. The van der Waals surface area contributed by atoms with Crippen molar-refractivity contribution >= 4 is 33.3 Å². The molecule has 0 saturated heterocycles. The minimum Gasteiger partial charge on any atom is -0.497 e. The molecular formula is C23H22N4O2S. The number of nitrogens with zero attached hydrogens (tertiary/aromatic N) is 2. The average molecular weight is 419 g/mol. The van der Waals surface area contributed by atoms with Crippen molar-refractivity contribution in [2.24, 2.45) is 0 Å². The topological polar surface area (TPSA) is 76.1 Å². The molecule has 0 saturated carbocycles. The Balaban J connectivity index is 1.33. The van der Waals surface area contributed by atoms with Gasteiger partial charge in [0, 0.05) is 11.4 Å². The van der Waals surface area contributed by atoms with Crippen LogP contribution in [0.4, 0.5) is 5.82 Å². The summed E-state index contributed by atoms with van der Waals surface area (Å²) in [6.07, 6.45) is 2.29. The first-order valence-corrected chi connectivity index (χ1v) is 10.5. The first-order valence-electron chi connectivity index (χ1n) is 9.66. The van der Waals surface area contributed by atoms with Crippen LogP contribution in [0.2, 0.25) is 0 Å². The highest BCUT2D eigenvalue weighted by molar-refractivity contribution is 7.21. The fraction of sp³-hybridized carbons (Fsp3) is 0.174. The van der Waals surface area contributed by atoms with Crippen LogP contribution in [-0.4, -0.2) is 36.1 Å². The molecule has 2 aromatic heterocycles. The third-order valence-corrected chi connectivity index (χ3v) is 5.79. The molecule has 0 fully saturated rings. The number of anilines is 1. The maximum atomic E-state index is 12.2. The summed E-state index contributed by atoms with van der Waals surface area (Å²) in [5.74, 6) is 1.42. The first kappa shape index (κ1) is 19.8. The summed E-state index contributed by atoms with van der Waals surface area (Å²) < 4.78 is 5.16. The summed E-state index contributed by atoms with van der Waals surface area (Å²) in [4.78, 5) is 22.9. The molecule has 30 heavy (non-hydrogen) atoms. The van der Waals surface area contributed by atoms with Gasteiger partial charge < -0.3 is 15.4 Å². The number of carbonyl (C=O) groups excluding carboxylic acids is 1. The molecule has 2 heterocycles. The van der Waals surface area contributed by atoms with Crippen LogP contribution >= 0.6 is 11.3 Å². The Bertz CT molecular complexity index is 1130. The number of ether oxygens (including phenoxy) is 1. The summed E-state index contributed by atoms with van der Waals surface area (Å²) in [7, 11) is 1.65. The molecule has 0 aliphatic heterocycles. The van der Waals surface area contributed by atoms with Crippen molar-refractivity contribution in [3.05, 3.63) is 72.6 Å². The third-order valence-electron chi connectivity index (χ3n) is 4.70. The van der Waals surface area contributed by atoms with Crippen molar-refractivity contribution in [3.8, 4) is 16.2 Å². The van der Waals surface area contributed by atoms with Crippen LogP contribution in [0.25, 0.3) is 20.7 Å². The number of hydrogen-bond donors (Lipinski definition) is 2. The maximum Gasteiger partial charge on any atom is 0.239 e. The van der Waals surface area contributed by atoms with Gasteiger partial charge in [-0.2, -0.15) is 0 Å². The number of nitrogens with one attached hydrogen (secondary N) is 2. The minimum atomic E-state index is -0.0752. The van der Waals surface area contributed by atoms with Gasteiger partial charge in [0.15, 0.2) is 0 Å². The Morgan fingerprint density at radius 2 is 1.87 bits per heavy atom. The second-order valence-corrected chi connectivity index (χ2v) is 7.75. The van der Waals surface area contributed by atoms with E-state index in [4.69, 9.17) is 4.74 Å². The Labute approximate surface area is 179 Å². The Kier molecular flexibility index (Phi) is 6.20. The van der Waals surface area contributed by atoms with Crippen molar-refractivity contribution in [2.45, 2.75) is 6.42 Å². The summed E-state index contributed by atoms with van der Waals surface area (Å²) in [6.45, 7) is 0.730. The van der Waals surface area contributed by atoms with Crippen LogP contribution in [0.1, 0.15) is 5.56 Å². The molecule has 0 radical (unpaired) electrons. The second-order valence-electron chi connectivity index (χ2n) is 6.72. The molecule has 2 aromatic carbocycles. The van der Waals surface area contributed by atoms with Gasteiger partial charge in [-0.25, -0.2) is 9.97 Å². The van der Waals surface area contributed by atoms with Crippen LogP contribution in [-0.2, 0) is 11.2 Å². The molecule has 4 rings (SSSR count). The fourth-order valence-corrected chi connectivity index (χ4v) is 4.11. The highest BCUT2D eigenvalue weighted by Crippen LogP contribution is 2.34. The molecule has 0 spiro atoms. The summed E-state index contributed by atoms with van der Waals surface area (Å²) in [6, 6.07) is 20.1. The number of fused-ring (bicyclic) bond motifs is 1. The van der Waals surface area contributed by atoms with E-state index in [1.54, 1.807) is 18.4 Å². The van der Waals surface area contributed by atoms with E-state index in [0.717, 1.165) is 38.4 Å².